The first kappa shape index (κ1) is 26.1. The number of furan rings is 1. The van der Waals surface area contributed by atoms with Crippen LogP contribution in [0, 0.1) is 17.3 Å². The van der Waals surface area contributed by atoms with Crippen molar-refractivity contribution in [3.63, 3.8) is 0 Å². The molecule has 2 aliphatic heterocycles. The van der Waals surface area contributed by atoms with E-state index in [2.05, 4.69) is 50.4 Å². The summed E-state index contributed by atoms with van der Waals surface area (Å²) in [6.45, 7) is 8.65. The molecule has 214 valence electrons. The molecule has 2 aromatic carbocycles. The molecule has 1 aromatic heterocycles. The van der Waals surface area contributed by atoms with E-state index in [4.69, 9.17) is 18.5 Å². The highest BCUT2D eigenvalue weighted by atomic mass is 16.7. The summed E-state index contributed by atoms with van der Waals surface area (Å²) in [5.74, 6) is 0.819. The summed E-state index contributed by atoms with van der Waals surface area (Å²) in [6.07, 6.45) is 8.33. The predicted octanol–water partition coefficient (Wildman–Crippen LogP) is 5.57. The molecule has 41 heavy (non-hydrogen) atoms. The summed E-state index contributed by atoms with van der Waals surface area (Å²) in [5.41, 5.74) is 5.90. The SMILES string of the molecule is CC1(C)[C@@H]2C[C@H]3OB([C@H](Cc4coc5ccccc45)NC(=O)Cc4ccc5c(c4)CCC54CCOC4)O[C@@]3(C)[C@H]1C2. The standard InChI is InChI=1S/C34H40BNO5/c1-32(2)24-17-28(32)33(3)29(18-24)40-35(41-33)30(16-23-19-39-27-7-5-4-6-25(23)27)36-31(37)15-21-8-9-26-22(14-21)10-11-34(26)12-13-38-20-34/h4-9,14,19,24,28-30H,10-13,15-18,20H2,1-3H3,(H,36,37)/t24-,28-,29+,30-,33-,34?/m0/s1. The van der Waals surface area contributed by atoms with Gasteiger partial charge in [0, 0.05) is 17.4 Å². The Hall–Kier alpha value is -2.61. The van der Waals surface area contributed by atoms with Gasteiger partial charge in [0.2, 0.25) is 5.91 Å². The van der Waals surface area contributed by atoms with Gasteiger partial charge < -0.3 is 23.8 Å². The van der Waals surface area contributed by atoms with E-state index in [-0.39, 0.29) is 34.4 Å². The number of ether oxygens (including phenoxy) is 1. The lowest BCUT2D eigenvalue weighted by Crippen LogP contribution is -2.65. The molecule has 6 atom stereocenters. The first-order valence-electron chi connectivity index (χ1n) is 15.5. The van der Waals surface area contributed by atoms with Gasteiger partial charge in [-0.15, -0.1) is 0 Å². The first-order chi connectivity index (χ1) is 19.7. The zero-order valence-corrected chi connectivity index (χ0v) is 24.4. The van der Waals surface area contributed by atoms with Gasteiger partial charge in [-0.2, -0.15) is 0 Å². The number of nitrogens with one attached hydrogen (secondary N) is 1. The van der Waals surface area contributed by atoms with Gasteiger partial charge in [-0.05, 0) is 91.0 Å². The van der Waals surface area contributed by atoms with E-state index in [9.17, 15) is 4.79 Å². The molecule has 6 nitrogen and oxygen atoms in total. The van der Waals surface area contributed by atoms with Crippen molar-refractivity contribution < 1.29 is 23.3 Å². The molecule has 3 aromatic rings. The van der Waals surface area contributed by atoms with Gasteiger partial charge in [0.05, 0.1) is 36.9 Å². The van der Waals surface area contributed by atoms with Crippen molar-refractivity contribution in [2.75, 3.05) is 13.2 Å². The number of carbonyl (C=O) groups excluding carboxylic acids is 1. The Bertz CT molecular complexity index is 1510. The third-order valence-corrected chi connectivity index (χ3v) is 11.7. The Kier molecular flexibility index (Phi) is 5.84. The van der Waals surface area contributed by atoms with E-state index in [1.54, 1.807) is 0 Å². The Morgan fingerprint density at radius 1 is 1.12 bits per heavy atom. The average molecular weight is 554 g/mol. The van der Waals surface area contributed by atoms with Crippen molar-refractivity contribution in [1.82, 2.24) is 5.32 Å². The van der Waals surface area contributed by atoms with Crippen molar-refractivity contribution in [2.24, 2.45) is 17.3 Å². The summed E-state index contributed by atoms with van der Waals surface area (Å²) in [5, 5.41) is 4.42. The molecule has 6 aliphatic rings. The quantitative estimate of drug-likeness (QED) is 0.404. The molecule has 0 radical (unpaired) electrons. The summed E-state index contributed by atoms with van der Waals surface area (Å²) < 4.78 is 25.1. The maximum atomic E-state index is 13.6. The second-order valence-electron chi connectivity index (χ2n) is 14.2. The van der Waals surface area contributed by atoms with Gasteiger partial charge in [0.15, 0.2) is 0 Å². The maximum Gasteiger partial charge on any atom is 0.482 e. The van der Waals surface area contributed by atoms with Crippen LogP contribution in [-0.4, -0.2) is 43.9 Å². The Morgan fingerprint density at radius 2 is 2.00 bits per heavy atom. The first-order valence-corrected chi connectivity index (χ1v) is 15.5. The fourth-order valence-electron chi connectivity index (χ4n) is 9.16. The minimum absolute atomic E-state index is 0.00323. The maximum absolute atomic E-state index is 13.6. The minimum Gasteiger partial charge on any atom is -0.464 e. The van der Waals surface area contributed by atoms with Crippen LogP contribution in [0.1, 0.15) is 68.7 Å². The van der Waals surface area contributed by atoms with Crippen molar-refractivity contribution in [3.8, 4) is 0 Å². The highest BCUT2D eigenvalue weighted by molar-refractivity contribution is 6.48. The molecular formula is C34H40BNO5. The lowest BCUT2D eigenvalue weighted by Gasteiger charge is -2.64. The minimum atomic E-state index is -0.500. The second-order valence-corrected chi connectivity index (χ2v) is 14.2. The Labute approximate surface area is 242 Å². The van der Waals surface area contributed by atoms with Gasteiger partial charge in [-0.25, -0.2) is 0 Å². The zero-order chi connectivity index (χ0) is 28.0. The number of fused-ring (bicyclic) bond motifs is 3. The van der Waals surface area contributed by atoms with Crippen LogP contribution >= 0.6 is 0 Å². The summed E-state index contributed by atoms with van der Waals surface area (Å²) in [6, 6.07) is 14.7. The normalized spacial score (nSPS) is 33.5. The molecule has 1 spiro atoms. The van der Waals surface area contributed by atoms with Crippen molar-refractivity contribution in [2.45, 2.75) is 88.8 Å². The van der Waals surface area contributed by atoms with Crippen molar-refractivity contribution >= 4 is 24.0 Å². The number of hydrogen-bond donors (Lipinski definition) is 1. The number of carbonyl (C=O) groups is 1. The molecular weight excluding hydrogens is 513 g/mol. The summed E-state index contributed by atoms with van der Waals surface area (Å²) in [7, 11) is -0.500. The summed E-state index contributed by atoms with van der Waals surface area (Å²) in [4.78, 5) is 13.6. The molecule has 1 unspecified atom stereocenters. The molecule has 3 heterocycles. The monoisotopic (exact) mass is 553 g/mol. The van der Waals surface area contributed by atoms with E-state index in [1.807, 2.05) is 24.5 Å². The van der Waals surface area contributed by atoms with Crippen LogP contribution < -0.4 is 5.32 Å². The van der Waals surface area contributed by atoms with Crippen molar-refractivity contribution in [3.05, 3.63) is 71.0 Å². The van der Waals surface area contributed by atoms with Crippen molar-refractivity contribution in [1.29, 1.82) is 0 Å². The number of rotatable bonds is 6. The molecule has 4 aliphatic carbocycles. The fraction of sp³-hybridized carbons (Fsp3) is 0.559. The van der Waals surface area contributed by atoms with E-state index < -0.39 is 7.12 Å². The second kappa shape index (κ2) is 9.20. The molecule has 7 heteroatoms. The largest absolute Gasteiger partial charge is 0.482 e. The van der Waals surface area contributed by atoms with Gasteiger partial charge >= 0.3 is 7.12 Å². The third kappa shape index (κ3) is 3.99. The number of para-hydroxylation sites is 1. The van der Waals surface area contributed by atoms with Crippen LogP contribution in [0.5, 0.6) is 0 Å². The molecule has 5 fully saturated rings. The molecule has 3 saturated carbocycles. The van der Waals surface area contributed by atoms with E-state index in [0.717, 1.165) is 61.0 Å². The molecule has 1 N–H and O–H groups in total. The zero-order valence-electron chi connectivity index (χ0n) is 24.4. The van der Waals surface area contributed by atoms with Crippen LogP contribution in [0.3, 0.4) is 0 Å². The van der Waals surface area contributed by atoms with Crippen LogP contribution in [0.2, 0.25) is 0 Å². The lowest BCUT2D eigenvalue weighted by molar-refractivity contribution is -0.199. The van der Waals surface area contributed by atoms with Crippen LogP contribution in [-0.2, 0) is 43.5 Å². The highest BCUT2D eigenvalue weighted by Crippen LogP contribution is 2.65. The lowest BCUT2D eigenvalue weighted by atomic mass is 9.43. The highest BCUT2D eigenvalue weighted by Gasteiger charge is 2.68. The Balaban J connectivity index is 1.04. The van der Waals surface area contributed by atoms with Gasteiger partial charge in [0.25, 0.3) is 0 Å². The van der Waals surface area contributed by atoms with Crippen LogP contribution in [0.4, 0.5) is 0 Å². The molecule has 9 rings (SSSR count). The van der Waals surface area contributed by atoms with E-state index >= 15 is 0 Å². The predicted molar refractivity (Wildman–Crippen MR) is 158 cm³/mol. The number of benzene rings is 2. The number of amides is 1. The number of aryl methyl sites for hydroxylation is 1. The Morgan fingerprint density at radius 3 is 2.83 bits per heavy atom. The van der Waals surface area contributed by atoms with E-state index in [0.29, 0.717) is 24.7 Å². The molecule has 2 bridgehead atoms. The van der Waals surface area contributed by atoms with Crippen LogP contribution in [0.25, 0.3) is 11.0 Å². The van der Waals surface area contributed by atoms with Gasteiger partial charge in [-0.1, -0.05) is 50.2 Å². The molecule has 1 amide bonds. The fourth-order valence-corrected chi connectivity index (χ4v) is 9.16. The summed E-state index contributed by atoms with van der Waals surface area (Å²) >= 11 is 0. The van der Waals surface area contributed by atoms with E-state index in [1.165, 1.54) is 17.5 Å². The topological polar surface area (TPSA) is 69.9 Å². The number of hydrogen-bond acceptors (Lipinski definition) is 5. The average Bonchev–Trinajstić information content (AvgIpc) is 3.74. The van der Waals surface area contributed by atoms with Crippen LogP contribution in [0.15, 0.2) is 53.1 Å². The van der Waals surface area contributed by atoms with Gasteiger partial charge in [0.1, 0.15) is 5.58 Å². The smallest absolute Gasteiger partial charge is 0.464 e. The van der Waals surface area contributed by atoms with Gasteiger partial charge in [-0.3, -0.25) is 4.79 Å². The molecule has 2 saturated heterocycles. The third-order valence-electron chi connectivity index (χ3n) is 11.7.